The molecule has 2 unspecified atom stereocenters. The monoisotopic (exact) mass is 277 g/mol. The molecule has 1 aromatic rings. The molecule has 0 saturated heterocycles. The number of aromatic nitrogens is 1. The number of hydrogen-bond donors (Lipinski definition) is 1. The summed E-state index contributed by atoms with van der Waals surface area (Å²) >= 11 is 0. The van der Waals surface area contributed by atoms with E-state index >= 15 is 0 Å². The van der Waals surface area contributed by atoms with Crippen molar-refractivity contribution in [1.29, 1.82) is 0 Å². The molecule has 2 aliphatic carbocycles. The van der Waals surface area contributed by atoms with Gasteiger partial charge in [-0.05, 0) is 38.6 Å². The minimum absolute atomic E-state index is 0.705. The fourth-order valence-corrected chi connectivity index (χ4v) is 3.23. The lowest BCUT2D eigenvalue weighted by atomic mass is 9.86. The normalized spacial score (nSPS) is 27.1. The van der Waals surface area contributed by atoms with Gasteiger partial charge in [0.05, 0.1) is 12.2 Å². The lowest BCUT2D eigenvalue weighted by Crippen LogP contribution is -2.34. The topological polar surface area (TPSA) is 41.3 Å². The predicted molar refractivity (Wildman–Crippen MR) is 79.3 cm³/mol. The minimum atomic E-state index is 0.705. The summed E-state index contributed by atoms with van der Waals surface area (Å²) < 4.78 is 5.47. The molecule has 4 nitrogen and oxygen atoms in total. The molecule has 2 saturated carbocycles. The molecule has 0 amide bonds. The van der Waals surface area contributed by atoms with E-state index in [4.69, 9.17) is 4.52 Å². The van der Waals surface area contributed by atoms with Gasteiger partial charge < -0.3 is 9.84 Å². The van der Waals surface area contributed by atoms with Gasteiger partial charge in [-0.3, -0.25) is 4.90 Å². The highest BCUT2D eigenvalue weighted by Crippen LogP contribution is 2.27. The maximum absolute atomic E-state index is 5.47. The number of hydrogen-bond acceptors (Lipinski definition) is 4. The van der Waals surface area contributed by atoms with Crippen molar-refractivity contribution < 1.29 is 4.52 Å². The first-order valence-corrected chi connectivity index (χ1v) is 8.09. The summed E-state index contributed by atoms with van der Waals surface area (Å²) in [5, 5.41) is 7.64. The highest BCUT2D eigenvalue weighted by molar-refractivity contribution is 5.06. The molecule has 0 bridgehead atoms. The van der Waals surface area contributed by atoms with Gasteiger partial charge in [-0.25, -0.2) is 0 Å². The van der Waals surface area contributed by atoms with Crippen LogP contribution in [0.3, 0.4) is 0 Å². The molecule has 0 aliphatic heterocycles. The molecule has 0 aromatic carbocycles. The van der Waals surface area contributed by atoms with Gasteiger partial charge in [0.2, 0.25) is 0 Å². The van der Waals surface area contributed by atoms with Gasteiger partial charge in [-0.2, -0.15) is 0 Å². The third kappa shape index (κ3) is 3.83. The van der Waals surface area contributed by atoms with Crippen molar-refractivity contribution in [3.05, 3.63) is 17.5 Å². The Bertz CT molecular complexity index is 427. The molecule has 0 radical (unpaired) electrons. The Morgan fingerprint density at radius 1 is 1.35 bits per heavy atom. The van der Waals surface area contributed by atoms with E-state index in [0.717, 1.165) is 36.5 Å². The second-order valence-electron chi connectivity index (χ2n) is 6.78. The van der Waals surface area contributed by atoms with Gasteiger partial charge in [0, 0.05) is 24.7 Å². The smallest absolute Gasteiger partial charge is 0.151 e. The Balaban J connectivity index is 1.48. The number of nitrogens with one attached hydrogen (secondary N) is 1. The Kier molecular flexibility index (Phi) is 4.41. The zero-order valence-corrected chi connectivity index (χ0v) is 12.8. The van der Waals surface area contributed by atoms with Gasteiger partial charge in [0.25, 0.3) is 0 Å². The SMILES string of the molecule is CC1CCCC(N(C)Cc2cc(CNC3CC3)no2)C1. The zero-order chi connectivity index (χ0) is 13.9. The van der Waals surface area contributed by atoms with Gasteiger partial charge in [-0.1, -0.05) is 24.9 Å². The summed E-state index contributed by atoms with van der Waals surface area (Å²) in [6, 6.07) is 3.54. The van der Waals surface area contributed by atoms with Crippen molar-refractivity contribution in [3.8, 4) is 0 Å². The lowest BCUT2D eigenvalue weighted by Gasteiger charge is -2.33. The molecule has 112 valence electrons. The van der Waals surface area contributed by atoms with Crippen LogP contribution in [0.15, 0.2) is 10.6 Å². The van der Waals surface area contributed by atoms with Gasteiger partial charge >= 0.3 is 0 Å². The van der Waals surface area contributed by atoms with E-state index in [1.54, 1.807) is 0 Å². The van der Waals surface area contributed by atoms with Crippen LogP contribution in [-0.2, 0) is 13.1 Å². The van der Waals surface area contributed by atoms with Crippen molar-refractivity contribution in [1.82, 2.24) is 15.4 Å². The van der Waals surface area contributed by atoms with Crippen LogP contribution in [-0.4, -0.2) is 29.2 Å². The van der Waals surface area contributed by atoms with E-state index < -0.39 is 0 Å². The first-order chi connectivity index (χ1) is 9.70. The van der Waals surface area contributed by atoms with Crippen molar-refractivity contribution in [3.63, 3.8) is 0 Å². The third-order valence-corrected chi connectivity index (χ3v) is 4.69. The van der Waals surface area contributed by atoms with Crippen LogP contribution in [0.2, 0.25) is 0 Å². The quantitative estimate of drug-likeness (QED) is 0.868. The molecule has 1 aromatic heterocycles. The van der Waals surface area contributed by atoms with Crippen LogP contribution < -0.4 is 5.32 Å². The molecule has 3 rings (SSSR count). The fourth-order valence-electron chi connectivity index (χ4n) is 3.23. The van der Waals surface area contributed by atoms with Crippen LogP contribution >= 0.6 is 0 Å². The molecule has 1 heterocycles. The number of rotatable bonds is 6. The molecule has 0 spiro atoms. The summed E-state index contributed by atoms with van der Waals surface area (Å²) in [6.45, 7) is 4.10. The number of nitrogens with zero attached hydrogens (tertiary/aromatic N) is 2. The van der Waals surface area contributed by atoms with Crippen molar-refractivity contribution in [2.45, 2.75) is 70.6 Å². The summed E-state index contributed by atoms with van der Waals surface area (Å²) in [7, 11) is 2.22. The Morgan fingerprint density at radius 2 is 2.20 bits per heavy atom. The van der Waals surface area contributed by atoms with Crippen LogP contribution in [0.5, 0.6) is 0 Å². The van der Waals surface area contributed by atoms with E-state index in [0.29, 0.717) is 6.04 Å². The summed E-state index contributed by atoms with van der Waals surface area (Å²) in [5.74, 6) is 1.86. The maximum Gasteiger partial charge on any atom is 0.151 e. The molecule has 4 heteroatoms. The van der Waals surface area contributed by atoms with Crippen molar-refractivity contribution in [2.75, 3.05) is 7.05 Å². The van der Waals surface area contributed by atoms with E-state index in [9.17, 15) is 0 Å². The maximum atomic E-state index is 5.47. The fraction of sp³-hybridized carbons (Fsp3) is 0.812. The average molecular weight is 277 g/mol. The first-order valence-electron chi connectivity index (χ1n) is 8.09. The van der Waals surface area contributed by atoms with Gasteiger partial charge in [-0.15, -0.1) is 0 Å². The molecular formula is C16H27N3O. The molecule has 2 fully saturated rings. The van der Waals surface area contributed by atoms with E-state index in [1.807, 2.05) is 0 Å². The largest absolute Gasteiger partial charge is 0.360 e. The lowest BCUT2D eigenvalue weighted by molar-refractivity contribution is 0.145. The Hall–Kier alpha value is -0.870. The molecular weight excluding hydrogens is 250 g/mol. The summed E-state index contributed by atoms with van der Waals surface area (Å²) in [6.07, 6.45) is 8.03. The highest BCUT2D eigenvalue weighted by atomic mass is 16.5. The van der Waals surface area contributed by atoms with E-state index in [2.05, 4.69) is 35.4 Å². The second-order valence-corrected chi connectivity index (χ2v) is 6.78. The molecule has 20 heavy (non-hydrogen) atoms. The van der Waals surface area contributed by atoms with Crippen molar-refractivity contribution >= 4 is 0 Å². The summed E-state index contributed by atoms with van der Waals surface area (Å²) in [5.41, 5.74) is 1.04. The van der Waals surface area contributed by atoms with Gasteiger partial charge in [0.15, 0.2) is 5.76 Å². The summed E-state index contributed by atoms with van der Waals surface area (Å²) in [4.78, 5) is 2.44. The predicted octanol–water partition coefficient (Wildman–Crippen LogP) is 2.94. The Morgan fingerprint density at radius 3 is 2.95 bits per heavy atom. The first kappa shape index (κ1) is 14.1. The van der Waals surface area contributed by atoms with Crippen LogP contribution in [0, 0.1) is 5.92 Å². The standard InChI is InChI=1S/C16H27N3O/c1-12-4-3-5-15(8-12)19(2)11-16-9-14(18-20-16)10-17-13-6-7-13/h9,12-13,15,17H,3-8,10-11H2,1-2H3. The third-order valence-electron chi connectivity index (χ3n) is 4.69. The van der Waals surface area contributed by atoms with E-state index in [1.165, 1.54) is 38.5 Å². The van der Waals surface area contributed by atoms with Crippen molar-refractivity contribution in [2.24, 2.45) is 5.92 Å². The molecule has 1 N–H and O–H groups in total. The highest BCUT2D eigenvalue weighted by Gasteiger charge is 2.23. The van der Waals surface area contributed by atoms with Crippen LogP contribution in [0.25, 0.3) is 0 Å². The zero-order valence-electron chi connectivity index (χ0n) is 12.8. The molecule has 2 atom stereocenters. The van der Waals surface area contributed by atoms with Gasteiger partial charge in [0.1, 0.15) is 0 Å². The molecule has 2 aliphatic rings. The van der Waals surface area contributed by atoms with Crippen LogP contribution in [0.4, 0.5) is 0 Å². The average Bonchev–Trinajstić information content (AvgIpc) is 3.16. The van der Waals surface area contributed by atoms with Crippen LogP contribution in [0.1, 0.15) is 56.9 Å². The minimum Gasteiger partial charge on any atom is -0.360 e. The Labute approximate surface area is 121 Å². The second kappa shape index (κ2) is 6.27. The van der Waals surface area contributed by atoms with E-state index in [-0.39, 0.29) is 0 Å².